The number of rotatable bonds is 8. The maximum Gasteiger partial charge on any atom is 0.410 e. The Morgan fingerprint density at radius 1 is 1.14 bits per heavy atom. The summed E-state index contributed by atoms with van der Waals surface area (Å²) >= 11 is 0. The van der Waals surface area contributed by atoms with Crippen molar-refractivity contribution in [1.82, 2.24) is 4.90 Å². The Balaban J connectivity index is 1.71. The van der Waals surface area contributed by atoms with E-state index >= 15 is 0 Å². The molecule has 198 valence electrons. The Kier molecular flexibility index (Phi) is 8.95. The standard InChI is InChI=1S/C30H38FN3O3/c1-4-6-18-34(30(36)37-23-12-8-7-9-13-23)21(3)22-16-17-27-25(19-22)29(24-14-10-11-15-26(24)31)32-20-28(35)33(27)5-2/h10-11,14-17,19,21,23H,4-9,12-13,18,20H2,1-3H3. The molecule has 2 aliphatic rings. The van der Waals surface area contributed by atoms with Crippen LogP contribution in [0.5, 0.6) is 0 Å². The number of nitrogens with zero attached hydrogens (tertiary/aromatic N) is 3. The second-order valence-electron chi connectivity index (χ2n) is 9.93. The van der Waals surface area contributed by atoms with Crippen molar-refractivity contribution in [3.63, 3.8) is 0 Å². The van der Waals surface area contributed by atoms with Crippen LogP contribution in [-0.2, 0) is 9.53 Å². The quantitative estimate of drug-likeness (QED) is 0.401. The molecule has 1 aliphatic heterocycles. The summed E-state index contributed by atoms with van der Waals surface area (Å²) in [6.07, 6.45) is 6.76. The first kappa shape index (κ1) is 26.8. The summed E-state index contributed by atoms with van der Waals surface area (Å²) in [5.74, 6) is -0.514. The van der Waals surface area contributed by atoms with E-state index < -0.39 is 0 Å². The van der Waals surface area contributed by atoms with Gasteiger partial charge in [-0.05, 0) is 75.8 Å². The molecule has 0 aromatic heterocycles. The van der Waals surface area contributed by atoms with E-state index in [0.717, 1.165) is 44.1 Å². The first-order valence-corrected chi connectivity index (χ1v) is 13.7. The lowest BCUT2D eigenvalue weighted by Crippen LogP contribution is -2.37. The van der Waals surface area contributed by atoms with Crippen LogP contribution < -0.4 is 4.90 Å². The van der Waals surface area contributed by atoms with Crippen LogP contribution in [0.4, 0.5) is 14.9 Å². The van der Waals surface area contributed by atoms with E-state index in [9.17, 15) is 14.0 Å². The molecule has 2 aromatic carbocycles. The Bertz CT molecular complexity index is 1140. The number of carbonyl (C=O) groups excluding carboxylic acids is 2. The maximum atomic E-state index is 14.9. The molecule has 0 N–H and O–H groups in total. The number of aliphatic imine (C=N–C) groups is 1. The summed E-state index contributed by atoms with van der Waals surface area (Å²) in [4.78, 5) is 34.2. The lowest BCUT2D eigenvalue weighted by atomic mass is 9.95. The van der Waals surface area contributed by atoms with Crippen LogP contribution in [0, 0.1) is 5.82 Å². The molecule has 4 rings (SSSR count). The fraction of sp³-hybridized carbons (Fsp3) is 0.500. The maximum absolute atomic E-state index is 14.9. The summed E-state index contributed by atoms with van der Waals surface area (Å²) in [5, 5.41) is 0. The molecule has 0 bridgehead atoms. The SMILES string of the molecule is CCCCN(C(=O)OC1CCCCC1)C(C)c1ccc2c(c1)C(c1ccccc1F)=NCC(=O)N2CC. The Morgan fingerprint density at radius 3 is 2.59 bits per heavy atom. The van der Waals surface area contributed by atoms with Gasteiger partial charge in [0, 0.05) is 24.2 Å². The highest BCUT2D eigenvalue weighted by atomic mass is 19.1. The van der Waals surface area contributed by atoms with E-state index in [2.05, 4.69) is 11.9 Å². The molecule has 1 saturated carbocycles. The van der Waals surface area contributed by atoms with Crippen LogP contribution in [0.15, 0.2) is 47.5 Å². The molecule has 7 heteroatoms. The number of carbonyl (C=O) groups is 2. The lowest BCUT2D eigenvalue weighted by molar-refractivity contribution is -0.117. The number of hydrogen-bond donors (Lipinski definition) is 0. The van der Waals surface area contributed by atoms with E-state index in [-0.39, 0.29) is 36.5 Å². The molecular weight excluding hydrogens is 469 g/mol. The van der Waals surface area contributed by atoms with Gasteiger partial charge in [-0.15, -0.1) is 0 Å². The molecule has 0 saturated heterocycles. The average Bonchev–Trinajstić information content (AvgIpc) is 3.04. The van der Waals surface area contributed by atoms with Crippen LogP contribution in [0.2, 0.25) is 0 Å². The number of benzene rings is 2. The zero-order valence-electron chi connectivity index (χ0n) is 22.2. The highest BCUT2D eigenvalue weighted by Crippen LogP contribution is 2.33. The van der Waals surface area contributed by atoms with Gasteiger partial charge in [0.25, 0.3) is 0 Å². The Hall–Kier alpha value is -3.22. The van der Waals surface area contributed by atoms with Crippen molar-refractivity contribution >= 4 is 23.4 Å². The van der Waals surface area contributed by atoms with Crippen molar-refractivity contribution in [2.75, 3.05) is 24.5 Å². The molecule has 1 atom stereocenters. The Morgan fingerprint density at radius 2 is 1.89 bits per heavy atom. The van der Waals surface area contributed by atoms with Crippen LogP contribution in [-0.4, -0.2) is 48.4 Å². The highest BCUT2D eigenvalue weighted by Gasteiger charge is 2.29. The van der Waals surface area contributed by atoms with Crippen molar-refractivity contribution in [2.45, 2.75) is 77.9 Å². The van der Waals surface area contributed by atoms with E-state index in [1.54, 1.807) is 28.0 Å². The summed E-state index contributed by atoms with van der Waals surface area (Å²) in [7, 11) is 0. The predicted molar refractivity (Wildman–Crippen MR) is 145 cm³/mol. The fourth-order valence-electron chi connectivity index (χ4n) is 5.27. The number of fused-ring (bicyclic) bond motifs is 1. The summed E-state index contributed by atoms with van der Waals surface area (Å²) in [6.45, 7) is 7.04. The summed E-state index contributed by atoms with van der Waals surface area (Å²) in [5.41, 5.74) is 3.10. The van der Waals surface area contributed by atoms with Gasteiger partial charge >= 0.3 is 6.09 Å². The van der Waals surface area contributed by atoms with Crippen LogP contribution >= 0.6 is 0 Å². The minimum atomic E-state index is -0.385. The van der Waals surface area contributed by atoms with Crippen LogP contribution in [0.3, 0.4) is 0 Å². The van der Waals surface area contributed by atoms with Crippen LogP contribution in [0.25, 0.3) is 0 Å². The van der Waals surface area contributed by atoms with Gasteiger partial charge in [-0.2, -0.15) is 0 Å². The number of anilines is 1. The number of likely N-dealkylation sites (N-methyl/N-ethyl adjacent to an activating group) is 1. The molecule has 1 unspecified atom stereocenters. The van der Waals surface area contributed by atoms with Crippen molar-refractivity contribution in [1.29, 1.82) is 0 Å². The lowest BCUT2D eigenvalue weighted by Gasteiger charge is -2.32. The molecule has 2 aromatic rings. The van der Waals surface area contributed by atoms with Crippen molar-refractivity contribution in [3.8, 4) is 0 Å². The third kappa shape index (κ3) is 6.03. The van der Waals surface area contributed by atoms with Gasteiger partial charge in [-0.3, -0.25) is 9.79 Å². The molecule has 1 aliphatic carbocycles. The zero-order chi connectivity index (χ0) is 26.4. The third-order valence-electron chi connectivity index (χ3n) is 7.44. The van der Waals surface area contributed by atoms with E-state index in [4.69, 9.17) is 4.74 Å². The minimum absolute atomic E-state index is 0.0199. The van der Waals surface area contributed by atoms with E-state index in [1.807, 2.05) is 32.0 Å². The largest absolute Gasteiger partial charge is 0.446 e. The van der Waals surface area contributed by atoms with Gasteiger partial charge in [0.2, 0.25) is 5.91 Å². The molecule has 6 nitrogen and oxygen atoms in total. The zero-order valence-corrected chi connectivity index (χ0v) is 22.2. The second kappa shape index (κ2) is 12.3. The van der Waals surface area contributed by atoms with Gasteiger partial charge < -0.3 is 14.5 Å². The number of benzodiazepines with no additional fused rings is 1. The molecule has 0 radical (unpaired) electrons. The Labute approximate surface area is 219 Å². The molecule has 2 amide bonds. The summed E-state index contributed by atoms with van der Waals surface area (Å²) in [6, 6.07) is 12.1. The monoisotopic (exact) mass is 507 g/mol. The van der Waals surface area contributed by atoms with Crippen molar-refractivity contribution in [2.24, 2.45) is 4.99 Å². The number of amides is 2. The fourth-order valence-corrected chi connectivity index (χ4v) is 5.27. The van der Waals surface area contributed by atoms with Gasteiger partial charge in [-0.1, -0.05) is 38.0 Å². The number of hydrogen-bond acceptors (Lipinski definition) is 4. The van der Waals surface area contributed by atoms with Gasteiger partial charge in [0.1, 0.15) is 18.5 Å². The number of ether oxygens (including phenoxy) is 1. The minimum Gasteiger partial charge on any atom is -0.446 e. The first-order valence-electron chi connectivity index (χ1n) is 13.7. The van der Waals surface area contributed by atoms with Crippen molar-refractivity contribution in [3.05, 3.63) is 65.0 Å². The second-order valence-corrected chi connectivity index (χ2v) is 9.93. The molecule has 0 spiro atoms. The van der Waals surface area contributed by atoms with E-state index in [0.29, 0.717) is 35.6 Å². The van der Waals surface area contributed by atoms with Gasteiger partial charge in [0.15, 0.2) is 0 Å². The smallest absolute Gasteiger partial charge is 0.410 e. The number of halogens is 1. The average molecular weight is 508 g/mol. The summed E-state index contributed by atoms with van der Waals surface area (Å²) < 4.78 is 20.8. The van der Waals surface area contributed by atoms with Crippen molar-refractivity contribution < 1.29 is 18.7 Å². The van der Waals surface area contributed by atoms with Crippen LogP contribution in [0.1, 0.15) is 88.4 Å². The molecule has 37 heavy (non-hydrogen) atoms. The van der Waals surface area contributed by atoms with E-state index in [1.165, 1.54) is 12.5 Å². The predicted octanol–water partition coefficient (Wildman–Crippen LogP) is 6.66. The normalized spacial score (nSPS) is 17.0. The molecule has 1 heterocycles. The number of unbranched alkanes of at least 4 members (excludes halogenated alkanes) is 1. The molecule has 1 fully saturated rings. The molecular formula is C30H38FN3O3. The third-order valence-corrected chi connectivity index (χ3v) is 7.44. The van der Waals surface area contributed by atoms with Gasteiger partial charge in [-0.25, -0.2) is 9.18 Å². The van der Waals surface area contributed by atoms with Gasteiger partial charge in [0.05, 0.1) is 17.4 Å². The first-order chi connectivity index (χ1) is 17.9. The topological polar surface area (TPSA) is 62.2 Å². The highest BCUT2D eigenvalue weighted by molar-refractivity contribution is 6.19.